The molecule has 0 aromatic carbocycles. The van der Waals surface area contributed by atoms with Crippen LogP contribution in [0.5, 0.6) is 0 Å². The zero-order chi connectivity index (χ0) is 25.8. The van der Waals surface area contributed by atoms with Gasteiger partial charge in [-0.1, -0.05) is 16.9 Å². The molecule has 0 spiro atoms. The second-order valence-corrected chi connectivity index (χ2v) is 10.1. The summed E-state index contributed by atoms with van der Waals surface area (Å²) in [6, 6.07) is 0. The summed E-state index contributed by atoms with van der Waals surface area (Å²) in [4.78, 5) is 46.8. The van der Waals surface area contributed by atoms with Crippen molar-refractivity contribution in [3.8, 4) is 0 Å². The molecule has 1 N–H and O–H groups in total. The molecule has 1 rings (SSSR count). The zero-order valence-corrected chi connectivity index (χ0v) is 21.3. The molecule has 1 unspecified atom stereocenters. The molecule has 0 aliphatic carbocycles. The van der Waals surface area contributed by atoms with E-state index < -0.39 is 64.5 Å². The van der Waals surface area contributed by atoms with Gasteiger partial charge in [0.25, 0.3) is 0 Å². The Morgan fingerprint density at radius 3 is 1.97 bits per heavy atom. The van der Waals surface area contributed by atoms with E-state index in [2.05, 4.69) is 5.16 Å². The Hall–Kier alpha value is -2.19. The Bertz CT molecular complexity index is 788. The molecule has 1 fully saturated rings. The Morgan fingerprint density at radius 2 is 1.47 bits per heavy atom. The molecule has 34 heavy (non-hydrogen) atoms. The lowest BCUT2D eigenvalue weighted by atomic mass is 9.99. The highest BCUT2D eigenvalue weighted by atomic mass is 32.2. The molecule has 6 atom stereocenters. The lowest BCUT2D eigenvalue weighted by Crippen LogP contribution is -2.61. The van der Waals surface area contributed by atoms with Crippen LogP contribution in [0.15, 0.2) is 5.16 Å². The van der Waals surface area contributed by atoms with Crippen molar-refractivity contribution in [2.45, 2.75) is 76.8 Å². The molecule has 1 heterocycles. The van der Waals surface area contributed by atoms with E-state index in [4.69, 9.17) is 23.7 Å². The summed E-state index contributed by atoms with van der Waals surface area (Å²) in [6.07, 6.45) is -1.78. The standard InChI is InChI=1S/C20H31NO11S2/c1-11(22)28-10-15-17(29-12(2)23)18(30-13(3)24)19(31-14(4)25)20(32-15)33-16(21-26)8-6-7-9-34(5)27/h15,17-20,26H,6-10H2,1-5H3/b21-16+/t15-,17-,18+,19-,20+,34?/m1/s1. The van der Waals surface area contributed by atoms with Crippen molar-refractivity contribution in [1.29, 1.82) is 0 Å². The number of esters is 4. The van der Waals surface area contributed by atoms with E-state index in [-0.39, 0.29) is 11.7 Å². The molecule has 1 aliphatic rings. The third-order valence-corrected chi connectivity index (χ3v) is 6.42. The van der Waals surface area contributed by atoms with Gasteiger partial charge in [0.15, 0.2) is 18.3 Å². The van der Waals surface area contributed by atoms with Gasteiger partial charge in [0.05, 0.1) is 0 Å². The lowest BCUT2D eigenvalue weighted by Gasteiger charge is -2.44. The van der Waals surface area contributed by atoms with Gasteiger partial charge < -0.3 is 28.9 Å². The fraction of sp³-hybridized carbons (Fsp3) is 0.750. The van der Waals surface area contributed by atoms with Crippen molar-refractivity contribution in [3.63, 3.8) is 0 Å². The Balaban J connectivity index is 3.24. The van der Waals surface area contributed by atoms with Crippen LogP contribution in [-0.4, -0.2) is 86.8 Å². The van der Waals surface area contributed by atoms with E-state index in [1.807, 2.05) is 0 Å². The summed E-state index contributed by atoms with van der Waals surface area (Å²) >= 11 is 0.917. The van der Waals surface area contributed by atoms with Gasteiger partial charge in [0, 0.05) is 50.5 Å². The molecule has 0 bridgehead atoms. The number of ether oxygens (including phenoxy) is 5. The van der Waals surface area contributed by atoms with Gasteiger partial charge in [0.1, 0.15) is 23.2 Å². The smallest absolute Gasteiger partial charge is 0.303 e. The first kappa shape index (κ1) is 29.8. The van der Waals surface area contributed by atoms with Crippen molar-refractivity contribution in [1.82, 2.24) is 0 Å². The van der Waals surface area contributed by atoms with Crippen LogP contribution in [0.3, 0.4) is 0 Å². The summed E-state index contributed by atoms with van der Waals surface area (Å²) < 4.78 is 38.2. The van der Waals surface area contributed by atoms with E-state index in [0.29, 0.717) is 25.0 Å². The Kier molecular flexibility index (Phi) is 13.1. The Morgan fingerprint density at radius 1 is 0.912 bits per heavy atom. The predicted molar refractivity (Wildman–Crippen MR) is 122 cm³/mol. The quantitative estimate of drug-likeness (QED) is 0.0779. The van der Waals surface area contributed by atoms with Crippen LogP contribution in [0.1, 0.15) is 47.0 Å². The van der Waals surface area contributed by atoms with Crippen LogP contribution < -0.4 is 0 Å². The normalized spacial score (nSPS) is 25.7. The maximum Gasteiger partial charge on any atom is 0.303 e. The highest BCUT2D eigenvalue weighted by Crippen LogP contribution is 2.35. The SMILES string of the molecule is CC(=O)OC[C@H]1O[C@@H](S/C(CCCCS(C)=O)=N/O)[C@H](OC(C)=O)[C@@H](OC(C)=O)[C@@H]1OC(C)=O. The second kappa shape index (κ2) is 14.9. The topological polar surface area (TPSA) is 164 Å². The number of oxime groups is 1. The molecule has 194 valence electrons. The van der Waals surface area contributed by atoms with Crippen LogP contribution >= 0.6 is 11.8 Å². The summed E-state index contributed by atoms with van der Waals surface area (Å²) in [5.74, 6) is -2.31. The number of thioether (sulfide) groups is 1. The first-order valence-corrected chi connectivity index (χ1v) is 13.0. The molecular weight excluding hydrogens is 494 g/mol. The molecule has 0 aromatic heterocycles. The third-order valence-electron chi connectivity index (χ3n) is 4.38. The highest BCUT2D eigenvalue weighted by Gasteiger charge is 2.52. The highest BCUT2D eigenvalue weighted by molar-refractivity contribution is 8.14. The third kappa shape index (κ3) is 10.8. The van der Waals surface area contributed by atoms with E-state index in [1.165, 1.54) is 6.92 Å². The van der Waals surface area contributed by atoms with Crippen LogP contribution in [0, 0.1) is 0 Å². The average Bonchev–Trinajstić information content (AvgIpc) is 2.71. The monoisotopic (exact) mass is 525 g/mol. The molecular formula is C20H31NO11S2. The van der Waals surface area contributed by atoms with Crippen LogP contribution in [-0.2, 0) is 53.7 Å². The van der Waals surface area contributed by atoms with Gasteiger partial charge in [0.2, 0.25) is 0 Å². The summed E-state index contributed by atoms with van der Waals surface area (Å²) in [5.41, 5.74) is -1.06. The predicted octanol–water partition coefficient (Wildman–Crippen LogP) is 1.14. The van der Waals surface area contributed by atoms with E-state index in [0.717, 1.165) is 32.5 Å². The zero-order valence-electron chi connectivity index (χ0n) is 19.7. The second-order valence-electron chi connectivity index (χ2n) is 7.41. The van der Waals surface area contributed by atoms with Crippen molar-refractivity contribution < 1.29 is 52.3 Å². The largest absolute Gasteiger partial charge is 0.463 e. The summed E-state index contributed by atoms with van der Waals surface area (Å²) in [6.45, 7) is 4.25. The summed E-state index contributed by atoms with van der Waals surface area (Å²) in [7, 11) is -0.954. The van der Waals surface area contributed by atoms with Gasteiger partial charge in [-0.05, 0) is 19.3 Å². The minimum Gasteiger partial charge on any atom is -0.463 e. The number of unbranched alkanes of at least 4 members (excludes halogenated alkanes) is 1. The molecule has 0 aromatic rings. The Labute approximate surface area is 204 Å². The minimum absolute atomic E-state index is 0.225. The van der Waals surface area contributed by atoms with Crippen molar-refractivity contribution in [3.05, 3.63) is 0 Å². The first-order valence-electron chi connectivity index (χ1n) is 10.4. The molecule has 1 aliphatic heterocycles. The van der Waals surface area contributed by atoms with Crippen molar-refractivity contribution >= 4 is 51.5 Å². The first-order chi connectivity index (χ1) is 15.9. The van der Waals surface area contributed by atoms with Crippen molar-refractivity contribution in [2.24, 2.45) is 5.16 Å². The van der Waals surface area contributed by atoms with Crippen molar-refractivity contribution in [2.75, 3.05) is 18.6 Å². The van der Waals surface area contributed by atoms with Gasteiger partial charge in [-0.3, -0.25) is 23.4 Å². The number of hydrogen-bond donors (Lipinski definition) is 1. The fourth-order valence-electron chi connectivity index (χ4n) is 3.13. The molecule has 14 heteroatoms. The van der Waals surface area contributed by atoms with Crippen LogP contribution in [0.2, 0.25) is 0 Å². The molecule has 1 saturated heterocycles. The average molecular weight is 526 g/mol. The fourth-order valence-corrected chi connectivity index (χ4v) is 4.86. The van der Waals surface area contributed by atoms with Gasteiger partial charge >= 0.3 is 23.9 Å². The minimum atomic E-state index is -1.29. The lowest BCUT2D eigenvalue weighted by molar-refractivity contribution is -0.237. The van der Waals surface area contributed by atoms with E-state index >= 15 is 0 Å². The van der Waals surface area contributed by atoms with Crippen LogP contribution in [0.25, 0.3) is 0 Å². The number of rotatable bonds is 11. The molecule has 0 saturated carbocycles. The van der Waals surface area contributed by atoms with Gasteiger partial charge in [-0.2, -0.15) is 0 Å². The molecule has 0 amide bonds. The molecule has 12 nitrogen and oxygen atoms in total. The van der Waals surface area contributed by atoms with Gasteiger partial charge in [-0.15, -0.1) is 0 Å². The molecule has 0 radical (unpaired) electrons. The number of carbonyl (C=O) groups excluding carboxylic acids is 4. The maximum atomic E-state index is 11.8. The maximum absolute atomic E-state index is 11.8. The van der Waals surface area contributed by atoms with Gasteiger partial charge in [-0.25, -0.2) is 0 Å². The summed E-state index contributed by atoms with van der Waals surface area (Å²) in [5, 5.41) is 13.0. The van der Waals surface area contributed by atoms with E-state index in [9.17, 15) is 28.6 Å². The number of carbonyl (C=O) groups is 4. The van der Waals surface area contributed by atoms with Crippen LogP contribution in [0.4, 0.5) is 0 Å². The van der Waals surface area contributed by atoms with E-state index in [1.54, 1.807) is 6.26 Å². The number of nitrogens with zero attached hydrogens (tertiary/aromatic N) is 1. The number of hydrogen-bond acceptors (Lipinski definition) is 13.